The van der Waals surface area contributed by atoms with Gasteiger partial charge in [-0.25, -0.2) is 20.0 Å². The predicted octanol–water partition coefficient (Wildman–Crippen LogP) is 3.02. The van der Waals surface area contributed by atoms with Gasteiger partial charge >= 0.3 is 0 Å². The standard InChI is InChI=1S/C26H27N9O4S4/c1-26(2)16-12-40-22(28-16)29-25-34-15(19(43-25)21(37)33-5-9-39-10-6-33)11-14-18(20(36)32-3-7-38-8-4-32)42-23(27-14)30-24-35(31-34)17(26)13-41-24/h12-13,31H,3-11H2,1-2H3/b29-25+,30-24+. The van der Waals surface area contributed by atoms with Crippen LogP contribution in [0.5, 0.6) is 0 Å². The van der Waals surface area contributed by atoms with Crippen LogP contribution in [0.3, 0.4) is 0 Å². The fourth-order valence-corrected chi connectivity index (χ4v) is 9.43. The van der Waals surface area contributed by atoms with Crippen molar-refractivity contribution in [1.29, 1.82) is 0 Å². The zero-order valence-corrected chi connectivity index (χ0v) is 26.6. The number of aromatic nitrogens is 2. The van der Waals surface area contributed by atoms with Gasteiger partial charge < -0.3 is 19.3 Å². The van der Waals surface area contributed by atoms with Gasteiger partial charge in [0.1, 0.15) is 9.78 Å². The molecule has 0 spiro atoms. The number of hydrazine groups is 2. The number of carbonyl (C=O) groups excluding carboxylic acids is 2. The molecule has 2 aromatic rings. The molecule has 0 atom stereocenters. The molecule has 13 nitrogen and oxygen atoms in total. The van der Waals surface area contributed by atoms with Gasteiger partial charge in [0.2, 0.25) is 10.3 Å². The molecule has 8 heterocycles. The highest BCUT2D eigenvalue weighted by molar-refractivity contribution is 8.18. The number of rotatable bonds is 2. The molecule has 2 amide bonds. The maximum Gasteiger partial charge on any atom is 0.266 e. The summed E-state index contributed by atoms with van der Waals surface area (Å²) in [4.78, 5) is 52.3. The van der Waals surface area contributed by atoms with Gasteiger partial charge in [-0.3, -0.25) is 9.59 Å². The Labute approximate surface area is 263 Å². The van der Waals surface area contributed by atoms with Gasteiger partial charge in [-0.15, -0.1) is 16.9 Å². The first kappa shape index (κ1) is 27.7. The zero-order valence-electron chi connectivity index (χ0n) is 23.4. The number of nitrogens with one attached hydrogen (secondary N) is 1. The number of fused-ring (bicyclic) bond motifs is 4. The van der Waals surface area contributed by atoms with Crippen LogP contribution in [0.15, 0.2) is 37.1 Å². The summed E-state index contributed by atoms with van der Waals surface area (Å²) < 4.78 is 11.0. The van der Waals surface area contributed by atoms with Crippen molar-refractivity contribution in [2.45, 2.75) is 25.7 Å². The number of carbonyl (C=O) groups is 2. The average Bonchev–Trinajstić information content (AvgIpc) is 3.81. The largest absolute Gasteiger partial charge is 0.378 e. The van der Waals surface area contributed by atoms with Crippen molar-refractivity contribution in [3.63, 3.8) is 0 Å². The minimum atomic E-state index is -0.474. The van der Waals surface area contributed by atoms with Crippen LogP contribution in [0.4, 0.5) is 10.3 Å². The summed E-state index contributed by atoms with van der Waals surface area (Å²) in [6, 6.07) is 0. The third-order valence-corrected chi connectivity index (χ3v) is 11.6. The number of morpholine rings is 2. The monoisotopic (exact) mass is 657 g/mol. The first-order valence-corrected chi connectivity index (χ1v) is 17.3. The van der Waals surface area contributed by atoms with Gasteiger partial charge in [-0.1, -0.05) is 23.1 Å². The number of thioether (sulfide) groups is 2. The summed E-state index contributed by atoms with van der Waals surface area (Å²) in [5.41, 5.74) is 6.20. The van der Waals surface area contributed by atoms with E-state index in [0.717, 1.165) is 11.4 Å². The van der Waals surface area contributed by atoms with Gasteiger partial charge in [-0.05, 0) is 25.6 Å². The first-order chi connectivity index (χ1) is 20.9. The molecule has 2 fully saturated rings. The fraction of sp³-hybridized carbons (Fsp3) is 0.462. The number of amides is 2. The smallest absolute Gasteiger partial charge is 0.266 e. The number of hydrogen-bond donors (Lipinski definition) is 1. The van der Waals surface area contributed by atoms with Crippen molar-refractivity contribution in [1.82, 2.24) is 35.3 Å². The van der Waals surface area contributed by atoms with Crippen LogP contribution in [0.1, 0.15) is 34.9 Å². The maximum atomic E-state index is 14.1. The van der Waals surface area contributed by atoms with Gasteiger partial charge in [-0.2, -0.15) is 9.98 Å². The third-order valence-electron chi connectivity index (χ3n) is 7.99. The molecule has 0 radical (unpaired) electrons. The van der Waals surface area contributed by atoms with Crippen LogP contribution in [0, 0.1) is 0 Å². The second-order valence-corrected chi connectivity index (χ2v) is 14.6. The lowest BCUT2D eigenvalue weighted by atomic mass is 9.86. The minimum Gasteiger partial charge on any atom is -0.378 e. The second-order valence-electron chi connectivity index (χ2n) is 11.0. The van der Waals surface area contributed by atoms with Crippen molar-refractivity contribution in [2.24, 2.45) is 9.98 Å². The molecule has 8 rings (SSSR count). The van der Waals surface area contributed by atoms with E-state index >= 15 is 0 Å². The Morgan fingerprint density at radius 1 is 0.907 bits per heavy atom. The molecule has 6 aliphatic heterocycles. The number of ether oxygens (including phenoxy) is 2. The normalized spacial score (nSPS) is 25.2. The number of hydrogen-bond acceptors (Lipinski definition) is 15. The molecule has 2 saturated heterocycles. The van der Waals surface area contributed by atoms with Crippen LogP contribution in [-0.2, 0) is 26.1 Å². The Morgan fingerprint density at radius 2 is 1.60 bits per heavy atom. The van der Waals surface area contributed by atoms with Crippen molar-refractivity contribution in [3.8, 4) is 0 Å². The highest BCUT2D eigenvalue weighted by Crippen LogP contribution is 2.46. The van der Waals surface area contributed by atoms with Crippen molar-refractivity contribution in [3.05, 3.63) is 43.4 Å². The van der Waals surface area contributed by atoms with E-state index < -0.39 is 5.41 Å². The van der Waals surface area contributed by atoms with E-state index in [1.165, 1.54) is 46.2 Å². The van der Waals surface area contributed by atoms with E-state index in [4.69, 9.17) is 29.4 Å². The van der Waals surface area contributed by atoms with Gasteiger partial charge in [0.05, 0.1) is 54.6 Å². The van der Waals surface area contributed by atoms with E-state index in [2.05, 4.69) is 24.8 Å². The van der Waals surface area contributed by atoms with E-state index in [0.29, 0.717) is 94.4 Å². The summed E-state index contributed by atoms with van der Waals surface area (Å²) in [6.45, 7) is 8.28. The van der Waals surface area contributed by atoms with E-state index in [9.17, 15) is 9.59 Å². The van der Waals surface area contributed by atoms with E-state index in [-0.39, 0.29) is 18.2 Å². The lowest BCUT2D eigenvalue weighted by Gasteiger charge is -2.36. The summed E-state index contributed by atoms with van der Waals surface area (Å²) >= 11 is 5.55. The van der Waals surface area contributed by atoms with Gasteiger partial charge in [0, 0.05) is 43.4 Å². The highest BCUT2D eigenvalue weighted by atomic mass is 32.2. The van der Waals surface area contributed by atoms with Gasteiger partial charge in [0.15, 0.2) is 10.3 Å². The maximum absolute atomic E-state index is 14.1. The molecule has 0 aliphatic carbocycles. The van der Waals surface area contributed by atoms with E-state index in [1.54, 1.807) is 4.90 Å². The van der Waals surface area contributed by atoms with Crippen LogP contribution in [0.25, 0.3) is 0 Å². The topological polar surface area (TPSA) is 128 Å². The fourth-order valence-electron chi connectivity index (χ4n) is 5.48. The Bertz CT molecular complexity index is 1650. The highest BCUT2D eigenvalue weighted by Gasteiger charge is 2.44. The Kier molecular flexibility index (Phi) is 6.88. The van der Waals surface area contributed by atoms with E-state index in [1.807, 2.05) is 20.3 Å². The number of amidine groups is 2. The molecule has 0 aromatic carbocycles. The van der Waals surface area contributed by atoms with Gasteiger partial charge in [0.25, 0.3) is 11.8 Å². The molecular weight excluding hydrogens is 631 g/mol. The van der Waals surface area contributed by atoms with Crippen LogP contribution in [-0.4, -0.2) is 105 Å². The first-order valence-electron chi connectivity index (χ1n) is 13.9. The Hall–Kier alpha value is -2.80. The molecule has 43 heavy (non-hydrogen) atoms. The van der Waals surface area contributed by atoms with Crippen molar-refractivity contribution >= 4 is 78.6 Å². The second kappa shape index (κ2) is 10.7. The molecule has 2 aromatic heterocycles. The molecule has 17 heteroatoms. The number of allylic oxidation sites excluding steroid dienone is 2. The average molecular weight is 658 g/mol. The number of thiazole rings is 2. The SMILES string of the molecule is CC1(C)C2=CS/C3=N/c4nc(c(C(=O)N5CCOCC5)s4)CC4=C(C(=O)N5CCOCC5)S/C(=N/c5nc1cs5)N4NN23. The molecule has 1 N–H and O–H groups in total. The van der Waals surface area contributed by atoms with Crippen LogP contribution < -0.4 is 5.53 Å². The Balaban J connectivity index is 1.30. The zero-order chi connectivity index (χ0) is 29.3. The predicted molar refractivity (Wildman–Crippen MR) is 166 cm³/mol. The third kappa shape index (κ3) is 4.72. The molecule has 224 valence electrons. The summed E-state index contributed by atoms with van der Waals surface area (Å²) in [6.07, 6.45) is 0.240. The summed E-state index contributed by atoms with van der Waals surface area (Å²) in [5, 5.41) is 10.2. The number of aliphatic imine (C=N–C) groups is 2. The molecule has 6 aliphatic rings. The molecule has 0 unspecified atom stereocenters. The lowest BCUT2D eigenvalue weighted by Crippen LogP contribution is -2.53. The lowest BCUT2D eigenvalue weighted by molar-refractivity contribution is -0.130. The molecule has 6 bridgehead atoms. The quantitative estimate of drug-likeness (QED) is 0.512. The summed E-state index contributed by atoms with van der Waals surface area (Å²) in [5.74, 6) is -0.185. The minimum absolute atomic E-state index is 0.0917. The van der Waals surface area contributed by atoms with Crippen LogP contribution >= 0.6 is 46.2 Å². The molecular formula is C26H27N9O4S4. The Morgan fingerprint density at radius 3 is 2.35 bits per heavy atom. The van der Waals surface area contributed by atoms with Crippen LogP contribution in [0.2, 0.25) is 0 Å². The summed E-state index contributed by atoms with van der Waals surface area (Å²) in [7, 11) is 0. The van der Waals surface area contributed by atoms with Crippen molar-refractivity contribution in [2.75, 3.05) is 52.6 Å². The number of nitrogens with zero attached hydrogens (tertiary/aromatic N) is 8. The molecule has 0 saturated carbocycles. The van der Waals surface area contributed by atoms with Crippen molar-refractivity contribution < 1.29 is 19.1 Å².